The predicted octanol–water partition coefficient (Wildman–Crippen LogP) is 2.68. The molecule has 0 spiro atoms. The number of hydrogen-bond acceptors (Lipinski definition) is 2. The van der Waals surface area contributed by atoms with Gasteiger partial charge in [-0.2, -0.15) is 0 Å². The van der Waals surface area contributed by atoms with Crippen molar-refractivity contribution in [2.75, 3.05) is 0 Å². The molecule has 4 heteroatoms. The fourth-order valence-corrected chi connectivity index (χ4v) is 2.04. The zero-order valence-corrected chi connectivity index (χ0v) is 10.1. The molecule has 3 nitrogen and oxygen atoms in total. The number of nitrogens with zero attached hydrogens (tertiary/aromatic N) is 2. The molecule has 0 N–H and O–H groups in total. The van der Waals surface area contributed by atoms with Gasteiger partial charge in [-0.15, -0.1) is 0 Å². The van der Waals surface area contributed by atoms with Crippen LogP contribution in [0.1, 0.15) is 25.2 Å². The van der Waals surface area contributed by atoms with Gasteiger partial charge in [0.2, 0.25) is 0 Å². The van der Waals surface area contributed by atoms with Crippen molar-refractivity contribution in [1.82, 2.24) is 9.38 Å². The molecule has 2 heterocycles. The molecular weight excluding hydrogens is 224 g/mol. The number of pyridine rings is 1. The zero-order chi connectivity index (χ0) is 11.7. The zero-order valence-electron chi connectivity index (χ0n) is 9.33. The standard InChI is InChI=1S/C12H13ClN2O/c1-3-11-14-12(13)10-5-4-9(6-8(2)16)7-15(10)11/h4-5,7H,3,6H2,1-2H3. The minimum absolute atomic E-state index is 0.156. The monoisotopic (exact) mass is 236 g/mol. The van der Waals surface area contributed by atoms with E-state index in [0.29, 0.717) is 11.6 Å². The molecule has 0 aliphatic carbocycles. The number of imidazole rings is 1. The summed E-state index contributed by atoms with van der Waals surface area (Å²) < 4.78 is 1.96. The van der Waals surface area contributed by atoms with E-state index in [9.17, 15) is 4.79 Å². The Labute approximate surface area is 99.1 Å². The van der Waals surface area contributed by atoms with Gasteiger partial charge in [0.05, 0.1) is 5.52 Å². The molecule has 0 amide bonds. The highest BCUT2D eigenvalue weighted by molar-refractivity contribution is 6.32. The van der Waals surface area contributed by atoms with Crippen molar-refractivity contribution in [1.29, 1.82) is 0 Å². The summed E-state index contributed by atoms with van der Waals surface area (Å²) in [5.41, 5.74) is 1.88. The van der Waals surface area contributed by atoms with Crippen molar-refractivity contribution in [2.45, 2.75) is 26.7 Å². The third-order valence-electron chi connectivity index (χ3n) is 2.50. The fraction of sp³-hybridized carbons (Fsp3) is 0.333. The minimum Gasteiger partial charge on any atom is -0.302 e. The first kappa shape index (κ1) is 11.1. The summed E-state index contributed by atoms with van der Waals surface area (Å²) in [6, 6.07) is 3.83. The molecule has 0 unspecified atom stereocenters. The number of ketones is 1. The van der Waals surface area contributed by atoms with Crippen LogP contribution in [0.2, 0.25) is 5.15 Å². The number of carbonyl (C=O) groups excluding carboxylic acids is 1. The largest absolute Gasteiger partial charge is 0.302 e. The summed E-state index contributed by atoms with van der Waals surface area (Å²) in [6.07, 6.45) is 3.21. The SMILES string of the molecule is CCc1nc(Cl)c2ccc(CC(C)=O)cn12. The van der Waals surface area contributed by atoms with Crippen molar-refractivity contribution in [3.63, 3.8) is 0 Å². The van der Waals surface area contributed by atoms with Crippen LogP contribution in [0.25, 0.3) is 5.52 Å². The maximum Gasteiger partial charge on any atom is 0.155 e. The first-order valence-electron chi connectivity index (χ1n) is 5.26. The Hall–Kier alpha value is -1.35. The average molecular weight is 237 g/mol. The van der Waals surface area contributed by atoms with Crippen LogP contribution in [0.15, 0.2) is 18.3 Å². The molecule has 0 saturated carbocycles. The van der Waals surface area contributed by atoms with Gasteiger partial charge in [0, 0.05) is 19.0 Å². The van der Waals surface area contributed by atoms with Crippen molar-refractivity contribution < 1.29 is 4.79 Å². The summed E-state index contributed by atoms with van der Waals surface area (Å²) in [6.45, 7) is 3.62. The molecule has 0 aromatic carbocycles. The molecule has 84 valence electrons. The number of aromatic nitrogens is 2. The van der Waals surface area contributed by atoms with Crippen LogP contribution in [0, 0.1) is 0 Å². The van der Waals surface area contributed by atoms with E-state index in [1.807, 2.05) is 29.7 Å². The first-order valence-corrected chi connectivity index (χ1v) is 5.64. The van der Waals surface area contributed by atoms with Crippen LogP contribution < -0.4 is 0 Å². The van der Waals surface area contributed by atoms with Gasteiger partial charge in [0.25, 0.3) is 0 Å². The van der Waals surface area contributed by atoms with Crippen LogP contribution in [-0.4, -0.2) is 15.2 Å². The van der Waals surface area contributed by atoms with Crippen molar-refractivity contribution >= 4 is 22.9 Å². The first-order chi connectivity index (χ1) is 7.61. The Morgan fingerprint density at radius 3 is 2.88 bits per heavy atom. The lowest BCUT2D eigenvalue weighted by atomic mass is 10.1. The van der Waals surface area contributed by atoms with Crippen molar-refractivity contribution in [3.05, 3.63) is 34.9 Å². The summed E-state index contributed by atoms with van der Waals surface area (Å²) in [7, 11) is 0. The van der Waals surface area contributed by atoms with E-state index < -0.39 is 0 Å². The number of fused-ring (bicyclic) bond motifs is 1. The topological polar surface area (TPSA) is 34.4 Å². The molecule has 0 bridgehead atoms. The van der Waals surface area contributed by atoms with Crippen LogP contribution >= 0.6 is 11.6 Å². The normalized spacial score (nSPS) is 10.9. The lowest BCUT2D eigenvalue weighted by Crippen LogP contribution is -1.99. The summed E-state index contributed by atoms with van der Waals surface area (Å²) in [4.78, 5) is 15.3. The lowest BCUT2D eigenvalue weighted by molar-refractivity contribution is -0.116. The highest BCUT2D eigenvalue weighted by Gasteiger charge is 2.08. The summed E-state index contributed by atoms with van der Waals surface area (Å²) >= 11 is 6.02. The van der Waals surface area contributed by atoms with Gasteiger partial charge < -0.3 is 4.40 Å². The number of halogens is 1. The van der Waals surface area contributed by atoms with Crippen molar-refractivity contribution in [3.8, 4) is 0 Å². The van der Waals surface area contributed by atoms with E-state index in [-0.39, 0.29) is 5.78 Å². The number of carbonyl (C=O) groups is 1. The highest BCUT2D eigenvalue weighted by atomic mass is 35.5. The van der Waals surface area contributed by atoms with Crippen LogP contribution in [0.5, 0.6) is 0 Å². The second-order valence-corrected chi connectivity index (χ2v) is 4.20. The number of rotatable bonds is 3. The molecule has 0 radical (unpaired) electrons. The molecule has 2 aromatic heterocycles. The van der Waals surface area contributed by atoms with E-state index in [0.717, 1.165) is 23.3 Å². The quantitative estimate of drug-likeness (QED) is 0.821. The maximum atomic E-state index is 11.1. The fourth-order valence-electron chi connectivity index (χ4n) is 1.79. The molecule has 0 fully saturated rings. The molecule has 2 aromatic rings. The van der Waals surface area contributed by atoms with Gasteiger partial charge >= 0.3 is 0 Å². The lowest BCUT2D eigenvalue weighted by Gasteiger charge is -2.02. The van der Waals surface area contributed by atoms with E-state index >= 15 is 0 Å². The third-order valence-corrected chi connectivity index (χ3v) is 2.77. The molecular formula is C12H13ClN2O. The van der Waals surface area contributed by atoms with E-state index in [1.54, 1.807) is 6.92 Å². The van der Waals surface area contributed by atoms with E-state index in [4.69, 9.17) is 11.6 Å². The van der Waals surface area contributed by atoms with Gasteiger partial charge in [-0.3, -0.25) is 4.79 Å². The van der Waals surface area contributed by atoms with Crippen LogP contribution in [0.4, 0.5) is 0 Å². The van der Waals surface area contributed by atoms with Gasteiger partial charge in [0.15, 0.2) is 5.15 Å². The molecule has 2 rings (SSSR count). The average Bonchev–Trinajstić information content (AvgIpc) is 2.54. The summed E-state index contributed by atoms with van der Waals surface area (Å²) in [5.74, 6) is 1.08. The summed E-state index contributed by atoms with van der Waals surface area (Å²) in [5, 5.41) is 0.520. The molecule has 16 heavy (non-hydrogen) atoms. The van der Waals surface area contributed by atoms with E-state index in [2.05, 4.69) is 4.98 Å². The second kappa shape index (κ2) is 4.26. The van der Waals surface area contributed by atoms with Crippen LogP contribution in [0.3, 0.4) is 0 Å². The molecule has 0 aliphatic rings. The Bertz CT molecular complexity index is 545. The Morgan fingerprint density at radius 2 is 2.25 bits per heavy atom. The Morgan fingerprint density at radius 1 is 1.50 bits per heavy atom. The molecule has 0 saturated heterocycles. The maximum absolute atomic E-state index is 11.1. The minimum atomic E-state index is 0.156. The van der Waals surface area contributed by atoms with Crippen LogP contribution in [-0.2, 0) is 17.6 Å². The Balaban J connectivity index is 2.55. The molecule has 0 aliphatic heterocycles. The van der Waals surface area contributed by atoms with Gasteiger partial charge in [0.1, 0.15) is 11.6 Å². The second-order valence-electron chi connectivity index (χ2n) is 3.84. The van der Waals surface area contributed by atoms with Crippen molar-refractivity contribution in [2.24, 2.45) is 0 Å². The van der Waals surface area contributed by atoms with E-state index in [1.165, 1.54) is 0 Å². The predicted molar refractivity (Wildman–Crippen MR) is 64.0 cm³/mol. The molecule has 0 atom stereocenters. The third kappa shape index (κ3) is 1.95. The Kier molecular flexibility index (Phi) is 2.97. The smallest absolute Gasteiger partial charge is 0.155 e. The highest BCUT2D eigenvalue weighted by Crippen LogP contribution is 2.19. The van der Waals surface area contributed by atoms with Gasteiger partial charge in [-0.1, -0.05) is 24.6 Å². The van der Waals surface area contributed by atoms with Gasteiger partial charge in [-0.05, 0) is 18.6 Å². The number of Topliss-reactive ketones (excluding diaryl/α,β-unsaturated/α-hetero) is 1. The number of hydrogen-bond donors (Lipinski definition) is 0. The number of aryl methyl sites for hydroxylation is 1. The van der Waals surface area contributed by atoms with Gasteiger partial charge in [-0.25, -0.2) is 4.98 Å².